The Hall–Kier alpha value is -0.470. The van der Waals surface area contributed by atoms with Crippen LogP contribution in [0.1, 0.15) is 31.9 Å². The van der Waals surface area contributed by atoms with E-state index in [1.807, 2.05) is 0 Å². The van der Waals surface area contributed by atoms with Gasteiger partial charge < -0.3 is 5.11 Å². The Morgan fingerprint density at radius 1 is 1.13 bits per heavy atom. The van der Waals surface area contributed by atoms with Crippen molar-refractivity contribution < 1.29 is 5.11 Å². The highest BCUT2D eigenvalue weighted by molar-refractivity contribution is 7.98. The molecule has 0 saturated heterocycles. The normalized spacial score (nSPS) is 11.7. The van der Waals surface area contributed by atoms with Crippen LogP contribution in [-0.4, -0.2) is 17.5 Å². The van der Waals surface area contributed by atoms with Crippen molar-refractivity contribution in [3.8, 4) is 0 Å². The van der Waals surface area contributed by atoms with Crippen molar-refractivity contribution in [2.24, 2.45) is 0 Å². The molecule has 0 amide bonds. The zero-order valence-electron chi connectivity index (χ0n) is 9.79. The van der Waals surface area contributed by atoms with E-state index in [0.29, 0.717) is 0 Å². The summed E-state index contributed by atoms with van der Waals surface area (Å²) in [5, 5.41) is 8.67. The van der Waals surface area contributed by atoms with Crippen LogP contribution in [0.15, 0.2) is 24.3 Å². The van der Waals surface area contributed by atoms with Gasteiger partial charge >= 0.3 is 0 Å². The molecule has 0 atom stereocenters. The topological polar surface area (TPSA) is 20.2 Å². The highest BCUT2D eigenvalue weighted by atomic mass is 32.2. The van der Waals surface area contributed by atoms with Gasteiger partial charge in [0.2, 0.25) is 0 Å². The molecule has 2 heteroatoms. The second kappa shape index (κ2) is 5.57. The maximum atomic E-state index is 8.67. The smallest absolute Gasteiger partial charge is 0.0521 e. The molecule has 0 aliphatic heterocycles. The first-order chi connectivity index (χ1) is 7.04. The second-order valence-electron chi connectivity index (χ2n) is 4.72. The van der Waals surface area contributed by atoms with Crippen LogP contribution in [-0.2, 0) is 11.2 Å². The lowest BCUT2D eigenvalue weighted by molar-refractivity contribution is 0.322. The van der Waals surface area contributed by atoms with E-state index in [0.717, 1.165) is 11.5 Å². The predicted molar refractivity (Wildman–Crippen MR) is 68.4 cm³/mol. The molecule has 0 aliphatic carbocycles. The van der Waals surface area contributed by atoms with Gasteiger partial charge in [-0.1, -0.05) is 45.0 Å². The summed E-state index contributed by atoms with van der Waals surface area (Å²) < 4.78 is 0. The van der Waals surface area contributed by atoms with Gasteiger partial charge in [-0.25, -0.2) is 0 Å². The van der Waals surface area contributed by atoms with E-state index in [9.17, 15) is 0 Å². The molecule has 0 aliphatic rings. The van der Waals surface area contributed by atoms with Crippen LogP contribution in [0.2, 0.25) is 0 Å². The number of rotatable bonds is 4. The number of hydrogen-bond acceptors (Lipinski definition) is 2. The van der Waals surface area contributed by atoms with Crippen molar-refractivity contribution in [1.82, 2.24) is 0 Å². The predicted octanol–water partition coefficient (Wildman–Crippen LogP) is 3.21. The van der Waals surface area contributed by atoms with Gasteiger partial charge in [-0.2, -0.15) is 11.8 Å². The highest BCUT2D eigenvalue weighted by Crippen LogP contribution is 2.23. The van der Waals surface area contributed by atoms with Gasteiger partial charge in [0.1, 0.15) is 0 Å². The van der Waals surface area contributed by atoms with Crippen molar-refractivity contribution in [3.63, 3.8) is 0 Å². The molecule has 1 N–H and O–H groups in total. The molecular weight excluding hydrogens is 204 g/mol. The third kappa shape index (κ3) is 4.27. The van der Waals surface area contributed by atoms with Crippen molar-refractivity contribution in [2.75, 3.05) is 12.4 Å². The fourth-order valence-electron chi connectivity index (χ4n) is 1.36. The average Bonchev–Trinajstić information content (AvgIpc) is 2.18. The molecule has 0 bridgehead atoms. The van der Waals surface area contributed by atoms with Gasteiger partial charge in [-0.3, -0.25) is 0 Å². The molecule has 1 rings (SSSR count). The van der Waals surface area contributed by atoms with Gasteiger partial charge in [0.25, 0.3) is 0 Å². The van der Waals surface area contributed by atoms with Gasteiger partial charge in [0, 0.05) is 11.5 Å². The summed E-state index contributed by atoms with van der Waals surface area (Å²) >= 11 is 1.77. The molecular formula is C13H20OS. The zero-order valence-corrected chi connectivity index (χ0v) is 10.6. The van der Waals surface area contributed by atoms with Crippen molar-refractivity contribution in [3.05, 3.63) is 35.4 Å². The second-order valence-corrected chi connectivity index (χ2v) is 5.83. The van der Waals surface area contributed by atoms with Gasteiger partial charge in [-0.05, 0) is 16.5 Å². The summed E-state index contributed by atoms with van der Waals surface area (Å²) in [5.74, 6) is 1.81. The molecule has 1 nitrogen and oxygen atoms in total. The Morgan fingerprint density at radius 2 is 1.73 bits per heavy atom. The van der Waals surface area contributed by atoms with E-state index >= 15 is 0 Å². The Morgan fingerprint density at radius 3 is 2.20 bits per heavy atom. The minimum absolute atomic E-state index is 0.233. The molecule has 0 fully saturated rings. The molecule has 1 aromatic carbocycles. The monoisotopic (exact) mass is 224 g/mol. The first kappa shape index (κ1) is 12.6. The number of aliphatic hydroxyl groups is 1. The third-order valence-electron chi connectivity index (χ3n) is 2.32. The van der Waals surface area contributed by atoms with Crippen LogP contribution in [0, 0.1) is 0 Å². The van der Waals surface area contributed by atoms with E-state index in [4.69, 9.17) is 5.11 Å². The van der Waals surface area contributed by atoms with Crippen molar-refractivity contribution in [2.45, 2.75) is 31.9 Å². The Labute approximate surface area is 96.9 Å². The Kier molecular flexibility index (Phi) is 4.68. The molecule has 0 saturated carbocycles. The number of hydrogen-bond donors (Lipinski definition) is 1. The number of thioether (sulfide) groups is 1. The largest absolute Gasteiger partial charge is 0.396 e. The molecule has 0 aromatic heterocycles. The van der Waals surface area contributed by atoms with Crippen molar-refractivity contribution in [1.29, 1.82) is 0 Å². The zero-order chi connectivity index (χ0) is 11.3. The van der Waals surface area contributed by atoms with E-state index in [1.165, 1.54) is 11.1 Å². The summed E-state index contributed by atoms with van der Waals surface area (Å²) in [7, 11) is 0. The highest BCUT2D eigenvalue weighted by Gasteiger charge is 2.12. The average molecular weight is 224 g/mol. The summed E-state index contributed by atoms with van der Waals surface area (Å²) in [5.41, 5.74) is 2.94. The van der Waals surface area contributed by atoms with Crippen LogP contribution < -0.4 is 0 Å². The molecule has 15 heavy (non-hydrogen) atoms. The maximum Gasteiger partial charge on any atom is 0.0521 e. The van der Waals surface area contributed by atoms with Gasteiger partial charge in [0.05, 0.1) is 6.61 Å². The van der Waals surface area contributed by atoms with Crippen LogP contribution in [0.5, 0.6) is 0 Å². The van der Waals surface area contributed by atoms with Crippen LogP contribution >= 0.6 is 11.8 Å². The SMILES string of the molecule is CC(C)(C)c1ccc(CSCCO)cc1. The van der Waals surface area contributed by atoms with E-state index in [2.05, 4.69) is 45.0 Å². The quantitative estimate of drug-likeness (QED) is 0.793. The van der Waals surface area contributed by atoms with Crippen molar-refractivity contribution >= 4 is 11.8 Å². The van der Waals surface area contributed by atoms with E-state index in [1.54, 1.807) is 11.8 Å². The maximum absolute atomic E-state index is 8.67. The first-order valence-corrected chi connectivity index (χ1v) is 6.47. The van der Waals surface area contributed by atoms with E-state index in [-0.39, 0.29) is 12.0 Å². The van der Waals surface area contributed by atoms with Gasteiger partial charge in [0.15, 0.2) is 0 Å². The fourth-order valence-corrected chi connectivity index (χ4v) is 2.06. The minimum atomic E-state index is 0.233. The van der Waals surface area contributed by atoms with E-state index < -0.39 is 0 Å². The number of benzene rings is 1. The van der Waals surface area contributed by atoms with Crippen LogP contribution in [0.3, 0.4) is 0 Å². The molecule has 0 radical (unpaired) electrons. The molecule has 0 unspecified atom stereocenters. The molecule has 84 valence electrons. The standard InChI is InChI=1S/C13H20OS/c1-13(2,3)12-6-4-11(5-7-12)10-15-9-8-14/h4-7,14H,8-10H2,1-3H3. The summed E-state index contributed by atoms with van der Waals surface area (Å²) in [6.07, 6.45) is 0. The van der Waals surface area contributed by atoms with Crippen LogP contribution in [0.25, 0.3) is 0 Å². The minimum Gasteiger partial charge on any atom is -0.396 e. The summed E-state index contributed by atoms with van der Waals surface area (Å²) in [4.78, 5) is 0. The summed E-state index contributed by atoms with van der Waals surface area (Å²) in [6, 6.07) is 8.78. The Balaban J connectivity index is 2.57. The molecule has 0 spiro atoms. The number of aliphatic hydroxyl groups excluding tert-OH is 1. The first-order valence-electron chi connectivity index (χ1n) is 5.32. The fraction of sp³-hybridized carbons (Fsp3) is 0.538. The molecule has 1 aromatic rings. The lowest BCUT2D eigenvalue weighted by atomic mass is 9.87. The lowest BCUT2D eigenvalue weighted by Crippen LogP contribution is -2.10. The Bertz CT molecular complexity index is 284. The van der Waals surface area contributed by atoms with Crippen LogP contribution in [0.4, 0.5) is 0 Å². The molecule has 0 heterocycles. The summed E-state index contributed by atoms with van der Waals surface area (Å²) in [6.45, 7) is 6.94. The third-order valence-corrected chi connectivity index (χ3v) is 3.33. The lowest BCUT2D eigenvalue weighted by Gasteiger charge is -2.19. The van der Waals surface area contributed by atoms with Gasteiger partial charge in [-0.15, -0.1) is 0 Å².